The van der Waals surface area contributed by atoms with Crippen molar-refractivity contribution in [1.82, 2.24) is 4.90 Å². The van der Waals surface area contributed by atoms with Gasteiger partial charge in [-0.15, -0.1) is 0 Å². The Hall–Kier alpha value is -2.00. The highest BCUT2D eigenvalue weighted by Crippen LogP contribution is 2.42. The molecule has 3 heteroatoms. The van der Waals surface area contributed by atoms with E-state index in [1.165, 1.54) is 37.9 Å². The van der Waals surface area contributed by atoms with Crippen molar-refractivity contribution in [3.05, 3.63) is 59.2 Å². The van der Waals surface area contributed by atoms with E-state index in [4.69, 9.17) is 4.74 Å². The predicted octanol–water partition coefficient (Wildman–Crippen LogP) is 4.56. The third-order valence-corrected chi connectivity index (χ3v) is 6.02. The van der Waals surface area contributed by atoms with Crippen LogP contribution < -0.4 is 4.74 Å². The number of phenols is 1. The number of benzene rings is 2. The minimum atomic E-state index is 0.365. The molecule has 26 heavy (non-hydrogen) atoms. The summed E-state index contributed by atoms with van der Waals surface area (Å²) in [7, 11) is 0. The average molecular weight is 351 g/mol. The molecule has 1 aliphatic carbocycles. The van der Waals surface area contributed by atoms with E-state index >= 15 is 0 Å². The third-order valence-electron chi connectivity index (χ3n) is 6.02. The molecule has 2 atom stereocenters. The number of hydrogen-bond donors (Lipinski definition) is 1. The van der Waals surface area contributed by atoms with Crippen LogP contribution in [0, 0.1) is 5.92 Å². The van der Waals surface area contributed by atoms with Crippen LogP contribution in [-0.4, -0.2) is 29.1 Å². The van der Waals surface area contributed by atoms with Crippen LogP contribution in [0.1, 0.15) is 42.9 Å². The van der Waals surface area contributed by atoms with E-state index in [0.717, 1.165) is 24.0 Å². The summed E-state index contributed by atoms with van der Waals surface area (Å²) >= 11 is 0. The van der Waals surface area contributed by atoms with Gasteiger partial charge in [0.2, 0.25) is 0 Å². The SMILES string of the molecule is CCCN1CCCC2Cc3c(ccc(OCc4ccccc4)c3O)CC21. The summed E-state index contributed by atoms with van der Waals surface area (Å²) in [5.74, 6) is 1.65. The number of likely N-dealkylation sites (tertiary alicyclic amines) is 1. The van der Waals surface area contributed by atoms with Gasteiger partial charge >= 0.3 is 0 Å². The Bertz CT molecular complexity index is 741. The quantitative estimate of drug-likeness (QED) is 0.857. The first-order valence-corrected chi connectivity index (χ1v) is 10.0. The zero-order valence-corrected chi connectivity index (χ0v) is 15.7. The fourth-order valence-corrected chi connectivity index (χ4v) is 4.73. The number of hydrogen-bond acceptors (Lipinski definition) is 3. The van der Waals surface area contributed by atoms with Gasteiger partial charge in [0.25, 0.3) is 0 Å². The maximum absolute atomic E-state index is 10.8. The number of rotatable bonds is 5. The topological polar surface area (TPSA) is 32.7 Å². The van der Waals surface area contributed by atoms with Gasteiger partial charge in [-0.3, -0.25) is 4.90 Å². The van der Waals surface area contributed by atoms with Gasteiger partial charge in [0.05, 0.1) is 0 Å². The Morgan fingerprint density at radius 2 is 1.96 bits per heavy atom. The third kappa shape index (κ3) is 3.45. The number of aromatic hydroxyl groups is 1. The van der Waals surface area contributed by atoms with Gasteiger partial charge in [-0.05, 0) is 68.3 Å². The molecule has 0 spiro atoms. The van der Waals surface area contributed by atoms with Crippen molar-refractivity contribution in [2.45, 2.75) is 51.7 Å². The van der Waals surface area contributed by atoms with Gasteiger partial charge in [-0.25, -0.2) is 0 Å². The lowest BCUT2D eigenvalue weighted by atomic mass is 9.75. The average Bonchev–Trinajstić information content (AvgIpc) is 2.68. The van der Waals surface area contributed by atoms with Gasteiger partial charge in [-0.2, -0.15) is 0 Å². The molecular formula is C23H29NO2. The van der Waals surface area contributed by atoms with Crippen molar-refractivity contribution < 1.29 is 9.84 Å². The molecule has 4 rings (SSSR count). The second-order valence-electron chi connectivity index (χ2n) is 7.74. The summed E-state index contributed by atoms with van der Waals surface area (Å²) < 4.78 is 5.92. The van der Waals surface area contributed by atoms with E-state index in [-0.39, 0.29) is 0 Å². The molecule has 2 aromatic rings. The molecule has 1 fully saturated rings. The summed E-state index contributed by atoms with van der Waals surface area (Å²) in [4.78, 5) is 2.67. The number of phenolic OH excluding ortho intramolecular Hbond substituents is 1. The van der Waals surface area contributed by atoms with Crippen LogP contribution in [0.2, 0.25) is 0 Å². The van der Waals surface area contributed by atoms with Crippen LogP contribution in [0.25, 0.3) is 0 Å². The van der Waals surface area contributed by atoms with Crippen molar-refractivity contribution in [1.29, 1.82) is 0 Å². The molecule has 1 saturated heterocycles. The van der Waals surface area contributed by atoms with Crippen LogP contribution >= 0.6 is 0 Å². The monoisotopic (exact) mass is 351 g/mol. The predicted molar refractivity (Wildman–Crippen MR) is 105 cm³/mol. The van der Waals surface area contributed by atoms with Crippen molar-refractivity contribution in [3.8, 4) is 11.5 Å². The Morgan fingerprint density at radius 1 is 1.12 bits per heavy atom. The van der Waals surface area contributed by atoms with E-state index in [9.17, 15) is 5.11 Å². The van der Waals surface area contributed by atoms with Gasteiger partial charge < -0.3 is 9.84 Å². The normalized spacial score (nSPS) is 22.5. The summed E-state index contributed by atoms with van der Waals surface area (Å²) in [6.45, 7) is 5.18. The molecule has 1 heterocycles. The van der Waals surface area contributed by atoms with Crippen LogP contribution in [0.5, 0.6) is 11.5 Å². The molecule has 0 bridgehead atoms. The Morgan fingerprint density at radius 3 is 2.77 bits per heavy atom. The van der Waals surface area contributed by atoms with Crippen molar-refractivity contribution in [2.24, 2.45) is 5.92 Å². The number of piperidine rings is 1. The Kier molecular flexibility index (Phi) is 5.16. The molecule has 2 aromatic carbocycles. The lowest BCUT2D eigenvalue weighted by Crippen LogP contribution is -2.49. The zero-order chi connectivity index (χ0) is 17.9. The second kappa shape index (κ2) is 7.71. The summed E-state index contributed by atoms with van der Waals surface area (Å²) in [6, 6.07) is 14.9. The van der Waals surface area contributed by atoms with E-state index < -0.39 is 0 Å². The highest BCUT2D eigenvalue weighted by atomic mass is 16.5. The molecular weight excluding hydrogens is 322 g/mol. The highest BCUT2D eigenvalue weighted by molar-refractivity contribution is 5.51. The van der Waals surface area contributed by atoms with Crippen LogP contribution in [-0.2, 0) is 19.4 Å². The largest absolute Gasteiger partial charge is 0.504 e. The molecule has 2 aliphatic rings. The first-order valence-electron chi connectivity index (χ1n) is 10.0. The van der Waals surface area contributed by atoms with Gasteiger partial charge in [0.1, 0.15) is 6.61 Å². The van der Waals surface area contributed by atoms with E-state index in [0.29, 0.717) is 30.1 Å². The van der Waals surface area contributed by atoms with Crippen LogP contribution in [0.3, 0.4) is 0 Å². The lowest BCUT2D eigenvalue weighted by molar-refractivity contribution is 0.0847. The molecule has 1 N–H and O–H groups in total. The molecule has 2 unspecified atom stereocenters. The highest BCUT2D eigenvalue weighted by Gasteiger charge is 2.36. The van der Waals surface area contributed by atoms with E-state index in [1.54, 1.807) is 0 Å². The second-order valence-corrected chi connectivity index (χ2v) is 7.74. The number of nitrogens with zero attached hydrogens (tertiary/aromatic N) is 1. The summed E-state index contributed by atoms with van der Waals surface area (Å²) in [5.41, 5.74) is 3.54. The Labute approximate surface area is 156 Å². The molecule has 138 valence electrons. The van der Waals surface area contributed by atoms with Crippen molar-refractivity contribution in [2.75, 3.05) is 13.1 Å². The molecule has 0 radical (unpaired) electrons. The molecule has 0 amide bonds. The Balaban J connectivity index is 1.52. The molecule has 3 nitrogen and oxygen atoms in total. The first kappa shape index (κ1) is 17.4. The maximum atomic E-state index is 10.8. The van der Waals surface area contributed by atoms with Gasteiger partial charge in [0, 0.05) is 11.6 Å². The fraction of sp³-hybridized carbons (Fsp3) is 0.478. The molecule has 0 saturated carbocycles. The zero-order valence-electron chi connectivity index (χ0n) is 15.7. The summed E-state index contributed by atoms with van der Waals surface area (Å²) in [6.07, 6.45) is 5.81. The molecule has 1 aliphatic heterocycles. The fourth-order valence-electron chi connectivity index (χ4n) is 4.73. The minimum absolute atomic E-state index is 0.365. The standard InChI is InChI=1S/C23H29NO2/c1-2-12-24-13-6-9-19-14-20-18(15-21(19)24)10-11-22(23(20)25)26-16-17-7-4-3-5-8-17/h3-5,7-8,10-11,19,21,25H,2,6,9,12-16H2,1H3. The number of ether oxygens (including phenoxy) is 1. The maximum Gasteiger partial charge on any atom is 0.161 e. The smallest absolute Gasteiger partial charge is 0.161 e. The van der Waals surface area contributed by atoms with Crippen molar-refractivity contribution >= 4 is 0 Å². The van der Waals surface area contributed by atoms with Crippen LogP contribution in [0.4, 0.5) is 0 Å². The van der Waals surface area contributed by atoms with Crippen LogP contribution in [0.15, 0.2) is 42.5 Å². The van der Waals surface area contributed by atoms with Crippen molar-refractivity contribution in [3.63, 3.8) is 0 Å². The number of fused-ring (bicyclic) bond motifs is 2. The van der Waals surface area contributed by atoms with Gasteiger partial charge in [0.15, 0.2) is 11.5 Å². The lowest BCUT2D eigenvalue weighted by Gasteiger charge is -2.44. The first-order chi connectivity index (χ1) is 12.8. The molecule has 0 aromatic heterocycles. The summed E-state index contributed by atoms with van der Waals surface area (Å²) in [5, 5.41) is 10.8. The van der Waals surface area contributed by atoms with Gasteiger partial charge in [-0.1, -0.05) is 43.3 Å². The minimum Gasteiger partial charge on any atom is -0.504 e. The van der Waals surface area contributed by atoms with E-state index in [2.05, 4.69) is 17.9 Å². The van der Waals surface area contributed by atoms with E-state index in [1.807, 2.05) is 36.4 Å².